The minimum absolute atomic E-state index is 0.0468. The Morgan fingerprint density at radius 2 is 1.70 bits per heavy atom. The van der Waals surface area contributed by atoms with Crippen LogP contribution >= 0.6 is 11.3 Å². The third-order valence-electron chi connectivity index (χ3n) is 13.0. The second-order valence-electron chi connectivity index (χ2n) is 18.4. The minimum Gasteiger partial charge on any atom is -0.481 e. The second-order valence-corrected chi connectivity index (χ2v) is 19.2. The number of benzene rings is 1. The van der Waals surface area contributed by atoms with Crippen molar-refractivity contribution in [3.63, 3.8) is 0 Å². The Morgan fingerprint density at radius 3 is 2.27 bits per heavy atom. The van der Waals surface area contributed by atoms with Gasteiger partial charge in [-0.2, -0.15) is 0 Å². The number of esters is 1. The standard InChI is InChI=1S/C43H63N5O7S/c1-26(2)33(48(9)39(52)35(42-23-43(24-42,25-42)41(5,6)7)46-37(51)32-17-13-14-18-47(32)8)21-34(55-28(4)49)38-45-31(22-56-38)36(50)44-30(19-27(3)40(53)54)20-29-15-11-10-12-16-29/h10-12,15-16,22,26-27,30,32-35H,13-14,17-21,23-25H2,1-9H3,(H,44,50)(H,46,51)(H,53,54)/t27-,30+,32+,33+,34+,35+,42?,43?/m0/s1. The van der Waals surface area contributed by atoms with E-state index in [0.29, 0.717) is 11.4 Å². The van der Waals surface area contributed by atoms with Crippen molar-refractivity contribution < 1.29 is 33.8 Å². The predicted octanol–water partition coefficient (Wildman–Crippen LogP) is 6.26. The number of hydrogen-bond acceptors (Lipinski definition) is 9. The smallest absolute Gasteiger partial charge is 0.306 e. The van der Waals surface area contributed by atoms with Crippen molar-refractivity contribution in [1.29, 1.82) is 0 Å². The third-order valence-corrected chi connectivity index (χ3v) is 13.9. The van der Waals surface area contributed by atoms with Crippen LogP contribution in [0.5, 0.6) is 0 Å². The Kier molecular flexibility index (Phi) is 13.4. The first-order valence-corrected chi connectivity index (χ1v) is 21.1. The van der Waals surface area contributed by atoms with Crippen molar-refractivity contribution in [2.75, 3.05) is 20.6 Å². The monoisotopic (exact) mass is 793 g/mol. The van der Waals surface area contributed by atoms with E-state index in [1.54, 1.807) is 24.3 Å². The van der Waals surface area contributed by atoms with Crippen LogP contribution in [0, 0.1) is 28.1 Å². The summed E-state index contributed by atoms with van der Waals surface area (Å²) >= 11 is 1.20. The van der Waals surface area contributed by atoms with Crippen LogP contribution in [0.2, 0.25) is 0 Å². The van der Waals surface area contributed by atoms with Gasteiger partial charge >= 0.3 is 11.9 Å². The average Bonchev–Trinajstić information content (AvgIpc) is 3.58. The molecule has 2 aromatic rings. The average molecular weight is 794 g/mol. The number of nitrogens with zero attached hydrogens (tertiary/aromatic N) is 3. The van der Waals surface area contributed by atoms with Crippen LogP contribution in [0.1, 0.15) is 127 Å². The zero-order valence-electron chi connectivity index (χ0n) is 34.7. The number of likely N-dealkylation sites (N-methyl/N-ethyl adjacent to an activating group) is 2. The molecule has 6 rings (SSSR count). The summed E-state index contributed by atoms with van der Waals surface area (Å²) in [4.78, 5) is 74.9. The van der Waals surface area contributed by atoms with E-state index in [2.05, 4.69) is 41.3 Å². The largest absolute Gasteiger partial charge is 0.481 e. The summed E-state index contributed by atoms with van der Waals surface area (Å²) in [5.74, 6) is -2.86. The Hall–Kier alpha value is -3.84. The molecule has 13 heteroatoms. The fraction of sp³-hybridized carbons (Fsp3) is 0.674. The number of likely N-dealkylation sites (tertiary alicyclic amines) is 1. The molecule has 12 nitrogen and oxygen atoms in total. The van der Waals surface area contributed by atoms with Gasteiger partial charge in [0.05, 0.1) is 12.0 Å². The van der Waals surface area contributed by atoms with Crippen LogP contribution < -0.4 is 10.6 Å². The van der Waals surface area contributed by atoms with Crippen molar-refractivity contribution in [2.45, 2.75) is 137 Å². The summed E-state index contributed by atoms with van der Waals surface area (Å²) in [6.45, 7) is 14.6. The quantitative estimate of drug-likeness (QED) is 0.157. The number of carboxylic acids is 1. The fourth-order valence-electron chi connectivity index (χ4n) is 9.37. The number of ether oxygens (including phenoxy) is 1. The lowest BCUT2D eigenvalue weighted by Crippen LogP contribution is -2.76. The Balaban J connectivity index is 1.34. The van der Waals surface area contributed by atoms with Gasteiger partial charge in [0, 0.05) is 43.3 Å². The molecule has 56 heavy (non-hydrogen) atoms. The molecule has 1 saturated heterocycles. The molecule has 3 N–H and O–H groups in total. The number of carbonyl (C=O) groups is 5. The first-order chi connectivity index (χ1) is 26.3. The predicted molar refractivity (Wildman–Crippen MR) is 216 cm³/mol. The number of rotatable bonds is 17. The number of carboxylic acid groups (broad SMARTS) is 1. The van der Waals surface area contributed by atoms with Crippen LogP contribution in [-0.2, 0) is 30.3 Å². The Bertz CT molecular complexity index is 1720. The third kappa shape index (κ3) is 9.47. The Morgan fingerprint density at radius 1 is 1.04 bits per heavy atom. The summed E-state index contributed by atoms with van der Waals surface area (Å²) in [5.41, 5.74) is 1.08. The normalized spacial score (nSPS) is 24.7. The van der Waals surface area contributed by atoms with Crippen molar-refractivity contribution in [2.24, 2.45) is 28.1 Å². The number of amides is 3. The van der Waals surface area contributed by atoms with Gasteiger partial charge in [-0.25, -0.2) is 4.98 Å². The van der Waals surface area contributed by atoms with Gasteiger partial charge < -0.3 is 25.4 Å². The molecule has 1 aromatic heterocycles. The molecule has 4 fully saturated rings. The van der Waals surface area contributed by atoms with Gasteiger partial charge in [0.2, 0.25) is 11.8 Å². The van der Waals surface area contributed by atoms with E-state index in [1.165, 1.54) is 18.3 Å². The molecule has 2 heterocycles. The number of carbonyl (C=O) groups excluding carboxylic acids is 4. The maximum Gasteiger partial charge on any atom is 0.306 e. The van der Waals surface area contributed by atoms with E-state index >= 15 is 0 Å². The number of aliphatic carboxylic acids is 1. The van der Waals surface area contributed by atoms with Crippen LogP contribution in [-0.4, -0.2) is 94.4 Å². The molecule has 4 aliphatic rings. The van der Waals surface area contributed by atoms with E-state index in [0.717, 1.165) is 50.6 Å². The maximum atomic E-state index is 14.8. The molecule has 0 unspecified atom stereocenters. The van der Waals surface area contributed by atoms with Crippen LogP contribution in [0.15, 0.2) is 35.7 Å². The highest BCUT2D eigenvalue weighted by molar-refractivity contribution is 7.09. The number of aromatic nitrogens is 1. The van der Waals surface area contributed by atoms with E-state index in [-0.39, 0.29) is 64.6 Å². The molecule has 3 amide bonds. The second kappa shape index (κ2) is 17.3. The molecular formula is C43H63N5O7S. The van der Waals surface area contributed by atoms with E-state index in [1.807, 2.05) is 51.2 Å². The van der Waals surface area contributed by atoms with Gasteiger partial charge in [0.15, 0.2) is 6.10 Å². The lowest BCUT2D eigenvalue weighted by atomic mass is 9.28. The summed E-state index contributed by atoms with van der Waals surface area (Å²) in [6, 6.07) is 7.78. The summed E-state index contributed by atoms with van der Waals surface area (Å²) in [5, 5.41) is 17.9. The molecule has 0 radical (unpaired) electrons. The van der Waals surface area contributed by atoms with Gasteiger partial charge in [-0.05, 0) is 80.8 Å². The van der Waals surface area contributed by atoms with Crippen LogP contribution in [0.4, 0.5) is 0 Å². The molecule has 1 aliphatic heterocycles. The lowest BCUT2D eigenvalue weighted by molar-refractivity contribution is -0.270. The van der Waals surface area contributed by atoms with Crippen molar-refractivity contribution in [1.82, 2.24) is 25.4 Å². The first kappa shape index (κ1) is 43.3. The zero-order valence-corrected chi connectivity index (χ0v) is 35.5. The topological polar surface area (TPSA) is 158 Å². The number of piperidine rings is 1. The summed E-state index contributed by atoms with van der Waals surface area (Å²) < 4.78 is 5.85. The van der Waals surface area contributed by atoms with Gasteiger partial charge in [-0.3, -0.25) is 28.9 Å². The molecular weight excluding hydrogens is 731 g/mol. The van der Waals surface area contributed by atoms with Crippen LogP contribution in [0.3, 0.4) is 0 Å². The van der Waals surface area contributed by atoms with Crippen LogP contribution in [0.25, 0.3) is 0 Å². The molecule has 6 atom stereocenters. The Labute approximate surface area is 336 Å². The molecule has 1 aromatic carbocycles. The van der Waals surface area contributed by atoms with Gasteiger partial charge in [-0.15, -0.1) is 11.3 Å². The van der Waals surface area contributed by atoms with Crippen molar-refractivity contribution in [3.05, 3.63) is 52.0 Å². The van der Waals surface area contributed by atoms with Gasteiger partial charge in [-0.1, -0.05) is 78.3 Å². The molecule has 3 aliphatic carbocycles. The molecule has 0 spiro atoms. The van der Waals surface area contributed by atoms with Gasteiger partial charge in [0.1, 0.15) is 16.7 Å². The number of hydrogen-bond donors (Lipinski definition) is 3. The highest BCUT2D eigenvalue weighted by Crippen LogP contribution is 2.80. The first-order valence-electron chi connectivity index (χ1n) is 20.2. The van der Waals surface area contributed by atoms with E-state index < -0.39 is 42.0 Å². The highest BCUT2D eigenvalue weighted by Gasteiger charge is 2.75. The number of nitrogens with one attached hydrogen (secondary N) is 2. The minimum atomic E-state index is -0.941. The molecule has 2 bridgehead atoms. The maximum absolute atomic E-state index is 14.8. The summed E-state index contributed by atoms with van der Waals surface area (Å²) in [7, 11) is 3.75. The zero-order chi connectivity index (χ0) is 41.2. The fourth-order valence-corrected chi connectivity index (χ4v) is 10.2. The number of thiazole rings is 1. The SMILES string of the molecule is CC(=O)O[C@H](C[C@H](C(C)C)N(C)C(=O)[C@@H](NC(=O)[C@H]1CCCCN1C)C12CC(C(C)(C)C)(C1)C2)c1nc(C(=O)N[C@@H](Cc2ccccc2)C[C@H](C)C(=O)O)cs1. The highest BCUT2D eigenvalue weighted by atomic mass is 32.1. The van der Waals surface area contributed by atoms with E-state index in [9.17, 15) is 29.1 Å². The van der Waals surface area contributed by atoms with Crippen molar-refractivity contribution in [3.8, 4) is 0 Å². The molecule has 3 saturated carbocycles. The molecule has 308 valence electrons. The van der Waals surface area contributed by atoms with E-state index in [4.69, 9.17) is 4.74 Å². The summed E-state index contributed by atoms with van der Waals surface area (Å²) in [6.07, 6.45) is 5.55. The lowest BCUT2D eigenvalue weighted by Gasteiger charge is -2.77. The van der Waals surface area contributed by atoms with Gasteiger partial charge in [0.25, 0.3) is 5.91 Å². The van der Waals surface area contributed by atoms with Crippen molar-refractivity contribution >= 4 is 41.0 Å².